The first-order valence-corrected chi connectivity index (χ1v) is 7.64. The van der Waals surface area contributed by atoms with Crippen LogP contribution in [0.1, 0.15) is 28.4 Å². The molecular weight excluding hydrogens is 320 g/mol. The molecule has 2 aromatic rings. The van der Waals surface area contributed by atoms with Gasteiger partial charge in [0, 0.05) is 19.8 Å². The number of Topliss-reactive ketones (excluding diaryl/α,β-unsaturated/α-hetero) is 1. The molecule has 0 fully saturated rings. The molecule has 0 aliphatic carbocycles. The van der Waals surface area contributed by atoms with Crippen molar-refractivity contribution in [2.45, 2.75) is 30.6 Å². The summed E-state index contributed by atoms with van der Waals surface area (Å²) in [7, 11) is 0. The molecule has 3 heteroatoms. The highest BCUT2D eigenvalue weighted by Crippen LogP contribution is 2.34. The number of ketones is 1. The number of carbonyl (C=O) groups excluding carboxylic acids is 1. The van der Waals surface area contributed by atoms with E-state index < -0.39 is 0 Å². The Morgan fingerprint density at radius 1 is 1.05 bits per heavy atom. The normalized spacial score (nSPS) is 10.5. The molecule has 0 saturated heterocycles. The molecule has 2 aromatic carbocycles. The second-order valence-electron chi connectivity index (χ2n) is 4.55. The number of aryl methyl sites for hydroxylation is 2. The lowest BCUT2D eigenvalue weighted by Gasteiger charge is -2.08. The van der Waals surface area contributed by atoms with Gasteiger partial charge in [-0.05, 0) is 72.1 Å². The summed E-state index contributed by atoms with van der Waals surface area (Å²) in [6, 6.07) is 12.2. The predicted molar refractivity (Wildman–Crippen MR) is 84.2 cm³/mol. The van der Waals surface area contributed by atoms with Crippen molar-refractivity contribution in [3.05, 3.63) is 57.6 Å². The third-order valence-electron chi connectivity index (χ3n) is 3.04. The van der Waals surface area contributed by atoms with E-state index in [1.165, 1.54) is 16.0 Å². The monoisotopic (exact) mass is 334 g/mol. The Balaban J connectivity index is 2.28. The van der Waals surface area contributed by atoms with Gasteiger partial charge < -0.3 is 0 Å². The fourth-order valence-electron chi connectivity index (χ4n) is 1.71. The summed E-state index contributed by atoms with van der Waals surface area (Å²) in [6.45, 7) is 5.81. The molecule has 0 unspecified atom stereocenters. The lowest BCUT2D eigenvalue weighted by atomic mass is 10.1. The number of benzene rings is 2. The number of halogens is 1. The van der Waals surface area contributed by atoms with Crippen molar-refractivity contribution in [1.82, 2.24) is 0 Å². The Hall–Kier alpha value is -1.06. The second kappa shape index (κ2) is 5.93. The van der Waals surface area contributed by atoms with E-state index in [0.29, 0.717) is 0 Å². The van der Waals surface area contributed by atoms with E-state index in [1.807, 2.05) is 18.2 Å². The topological polar surface area (TPSA) is 17.1 Å². The lowest BCUT2D eigenvalue weighted by molar-refractivity contribution is 0.101. The smallest absolute Gasteiger partial charge is 0.159 e. The molecule has 0 radical (unpaired) electrons. The van der Waals surface area contributed by atoms with Crippen molar-refractivity contribution in [3.8, 4) is 0 Å². The Morgan fingerprint density at radius 3 is 2.37 bits per heavy atom. The number of carbonyl (C=O) groups is 1. The lowest BCUT2D eigenvalue weighted by Crippen LogP contribution is -1.91. The first-order valence-electron chi connectivity index (χ1n) is 6.03. The Labute approximate surface area is 126 Å². The van der Waals surface area contributed by atoms with Crippen LogP contribution in [0.5, 0.6) is 0 Å². The molecule has 0 bridgehead atoms. The molecule has 1 nitrogen and oxygen atoms in total. The van der Waals surface area contributed by atoms with E-state index in [-0.39, 0.29) is 5.78 Å². The maximum absolute atomic E-state index is 11.3. The van der Waals surface area contributed by atoms with Gasteiger partial charge in [0.1, 0.15) is 0 Å². The van der Waals surface area contributed by atoms with E-state index in [9.17, 15) is 4.79 Å². The van der Waals surface area contributed by atoms with Crippen molar-refractivity contribution in [1.29, 1.82) is 0 Å². The maximum atomic E-state index is 11.3. The quantitative estimate of drug-likeness (QED) is 0.697. The molecule has 2 rings (SSSR count). The summed E-state index contributed by atoms with van der Waals surface area (Å²) < 4.78 is 0.962. The standard InChI is InChI=1S/C16H15BrOS/c1-10-4-6-14(8-11(10)2)19-16-7-5-13(12(3)18)9-15(16)17/h4-9H,1-3H3. The van der Waals surface area contributed by atoms with Crippen LogP contribution in [0.3, 0.4) is 0 Å². The summed E-state index contributed by atoms with van der Waals surface area (Å²) in [5, 5.41) is 0. The van der Waals surface area contributed by atoms with Crippen LogP contribution in [-0.4, -0.2) is 5.78 Å². The zero-order valence-electron chi connectivity index (χ0n) is 11.2. The van der Waals surface area contributed by atoms with Gasteiger partial charge in [0.05, 0.1) is 0 Å². The van der Waals surface area contributed by atoms with E-state index >= 15 is 0 Å². The summed E-state index contributed by atoms with van der Waals surface area (Å²) >= 11 is 5.23. The van der Waals surface area contributed by atoms with Gasteiger partial charge in [-0.25, -0.2) is 0 Å². The Bertz CT molecular complexity index is 635. The van der Waals surface area contributed by atoms with Crippen LogP contribution in [0.4, 0.5) is 0 Å². The SMILES string of the molecule is CC(=O)c1ccc(Sc2ccc(C)c(C)c2)c(Br)c1. The van der Waals surface area contributed by atoms with Gasteiger partial charge in [-0.3, -0.25) is 4.79 Å². The highest BCUT2D eigenvalue weighted by Gasteiger charge is 2.07. The molecule has 0 spiro atoms. The molecule has 0 heterocycles. The minimum Gasteiger partial charge on any atom is -0.295 e. The third kappa shape index (κ3) is 3.48. The maximum Gasteiger partial charge on any atom is 0.159 e. The highest BCUT2D eigenvalue weighted by atomic mass is 79.9. The number of rotatable bonds is 3. The Morgan fingerprint density at radius 2 is 1.79 bits per heavy atom. The predicted octanol–water partition coefficient (Wildman–Crippen LogP) is 5.42. The molecule has 0 aliphatic heterocycles. The summed E-state index contributed by atoms with van der Waals surface area (Å²) in [5.74, 6) is 0.0865. The second-order valence-corrected chi connectivity index (χ2v) is 6.52. The van der Waals surface area contributed by atoms with Crippen molar-refractivity contribution < 1.29 is 4.79 Å². The molecule has 98 valence electrons. The molecular formula is C16H15BrOS. The van der Waals surface area contributed by atoms with Crippen LogP contribution in [0.2, 0.25) is 0 Å². The average Bonchev–Trinajstić information content (AvgIpc) is 2.36. The molecule has 0 N–H and O–H groups in total. The van der Waals surface area contributed by atoms with Gasteiger partial charge in [0.15, 0.2) is 5.78 Å². The minimum atomic E-state index is 0.0865. The fraction of sp³-hybridized carbons (Fsp3) is 0.188. The van der Waals surface area contributed by atoms with E-state index in [2.05, 4.69) is 48.0 Å². The summed E-state index contributed by atoms with van der Waals surface area (Å²) in [6.07, 6.45) is 0. The molecule has 0 aliphatic rings. The number of hydrogen-bond acceptors (Lipinski definition) is 2. The van der Waals surface area contributed by atoms with Crippen LogP contribution in [0, 0.1) is 13.8 Å². The summed E-state index contributed by atoms with van der Waals surface area (Å²) in [5.41, 5.74) is 3.33. The van der Waals surface area contributed by atoms with Gasteiger partial charge in [0.25, 0.3) is 0 Å². The van der Waals surface area contributed by atoms with Gasteiger partial charge >= 0.3 is 0 Å². The van der Waals surface area contributed by atoms with Crippen molar-refractivity contribution in [3.63, 3.8) is 0 Å². The van der Waals surface area contributed by atoms with Crippen molar-refractivity contribution >= 4 is 33.5 Å². The summed E-state index contributed by atoms with van der Waals surface area (Å²) in [4.78, 5) is 13.6. The van der Waals surface area contributed by atoms with Crippen molar-refractivity contribution in [2.75, 3.05) is 0 Å². The Kier molecular flexibility index (Phi) is 4.48. The highest BCUT2D eigenvalue weighted by molar-refractivity contribution is 9.10. The molecule has 0 aromatic heterocycles. The van der Waals surface area contributed by atoms with Gasteiger partial charge in [-0.15, -0.1) is 0 Å². The first-order chi connectivity index (χ1) is 8.97. The van der Waals surface area contributed by atoms with Gasteiger partial charge in [-0.1, -0.05) is 23.9 Å². The average molecular weight is 335 g/mol. The van der Waals surface area contributed by atoms with E-state index in [4.69, 9.17) is 0 Å². The number of hydrogen-bond donors (Lipinski definition) is 0. The first kappa shape index (κ1) is 14.4. The third-order valence-corrected chi connectivity index (χ3v) is 5.03. The zero-order valence-corrected chi connectivity index (χ0v) is 13.6. The van der Waals surface area contributed by atoms with Crippen LogP contribution in [0.15, 0.2) is 50.7 Å². The van der Waals surface area contributed by atoms with Crippen LogP contribution in [0.25, 0.3) is 0 Å². The van der Waals surface area contributed by atoms with Crippen LogP contribution < -0.4 is 0 Å². The zero-order chi connectivity index (χ0) is 14.0. The van der Waals surface area contributed by atoms with Gasteiger partial charge in [-0.2, -0.15) is 0 Å². The van der Waals surface area contributed by atoms with Gasteiger partial charge in [0.2, 0.25) is 0 Å². The van der Waals surface area contributed by atoms with Crippen molar-refractivity contribution in [2.24, 2.45) is 0 Å². The molecule has 0 atom stereocenters. The van der Waals surface area contributed by atoms with E-state index in [1.54, 1.807) is 18.7 Å². The molecule has 0 amide bonds. The molecule has 19 heavy (non-hydrogen) atoms. The molecule has 0 saturated carbocycles. The largest absolute Gasteiger partial charge is 0.295 e. The minimum absolute atomic E-state index is 0.0865. The van der Waals surface area contributed by atoms with E-state index in [0.717, 1.165) is 14.9 Å². The van der Waals surface area contributed by atoms with Crippen LogP contribution in [-0.2, 0) is 0 Å². The van der Waals surface area contributed by atoms with Crippen LogP contribution >= 0.6 is 27.7 Å². The fourth-order valence-corrected chi connectivity index (χ4v) is 3.25.